The van der Waals surface area contributed by atoms with E-state index in [1.807, 2.05) is 37.3 Å². The maximum Gasteiger partial charge on any atom is 0.264 e. The summed E-state index contributed by atoms with van der Waals surface area (Å²) in [6.07, 6.45) is 0.351. The molecule has 0 bridgehead atoms. The first-order valence-electron chi connectivity index (χ1n) is 12.8. The van der Waals surface area contributed by atoms with Gasteiger partial charge in [-0.3, -0.25) is 13.9 Å². The summed E-state index contributed by atoms with van der Waals surface area (Å²) in [6, 6.07) is 20.9. The second-order valence-corrected chi connectivity index (χ2v) is 11.0. The highest BCUT2D eigenvalue weighted by atomic mass is 35.5. The minimum atomic E-state index is -4.23. The van der Waals surface area contributed by atoms with Crippen molar-refractivity contribution in [3.05, 3.63) is 89.4 Å². The smallest absolute Gasteiger partial charge is 0.264 e. The van der Waals surface area contributed by atoms with Crippen molar-refractivity contribution in [3.63, 3.8) is 0 Å². The number of hydrogen-bond acceptors (Lipinski definition) is 5. The number of amides is 2. The van der Waals surface area contributed by atoms with Crippen LogP contribution in [-0.4, -0.2) is 50.9 Å². The monoisotopic (exact) mass is 571 g/mol. The van der Waals surface area contributed by atoms with Crippen molar-refractivity contribution in [1.29, 1.82) is 0 Å². The van der Waals surface area contributed by atoms with Gasteiger partial charge >= 0.3 is 0 Å². The number of ether oxygens (including phenoxy) is 1. The highest BCUT2D eigenvalue weighted by Gasteiger charge is 2.34. The first-order chi connectivity index (χ1) is 18.7. The summed E-state index contributed by atoms with van der Waals surface area (Å²) < 4.78 is 34.7. The molecule has 0 aliphatic carbocycles. The van der Waals surface area contributed by atoms with Crippen LogP contribution in [0.5, 0.6) is 5.75 Å². The lowest BCUT2D eigenvalue weighted by Crippen LogP contribution is -2.52. The van der Waals surface area contributed by atoms with Crippen LogP contribution in [0.1, 0.15) is 32.8 Å². The van der Waals surface area contributed by atoms with E-state index in [4.69, 9.17) is 16.3 Å². The summed E-state index contributed by atoms with van der Waals surface area (Å²) >= 11 is 6.01. The number of likely N-dealkylation sites (N-methyl/N-ethyl adjacent to an activating group) is 1. The number of hydrogen-bond donors (Lipinski definition) is 1. The van der Waals surface area contributed by atoms with Crippen LogP contribution < -0.4 is 14.4 Å². The number of rotatable bonds is 13. The van der Waals surface area contributed by atoms with Crippen molar-refractivity contribution in [2.75, 3.05) is 24.0 Å². The van der Waals surface area contributed by atoms with Crippen LogP contribution in [-0.2, 0) is 26.2 Å². The predicted octanol–water partition coefficient (Wildman–Crippen LogP) is 4.88. The van der Waals surface area contributed by atoms with Gasteiger partial charge in [-0.25, -0.2) is 8.42 Å². The minimum Gasteiger partial charge on any atom is -0.492 e. The normalized spacial score (nSPS) is 11.9. The number of sulfonamides is 1. The number of nitrogens with zero attached hydrogens (tertiary/aromatic N) is 2. The lowest BCUT2D eigenvalue weighted by molar-refractivity contribution is -0.140. The molecule has 39 heavy (non-hydrogen) atoms. The van der Waals surface area contributed by atoms with E-state index >= 15 is 0 Å². The molecule has 3 aromatic carbocycles. The number of para-hydroxylation sites is 2. The summed E-state index contributed by atoms with van der Waals surface area (Å²) in [4.78, 5) is 28.4. The van der Waals surface area contributed by atoms with Crippen LogP contribution in [0.3, 0.4) is 0 Å². The molecule has 0 fully saturated rings. The van der Waals surface area contributed by atoms with Crippen molar-refractivity contribution < 1.29 is 22.7 Å². The Labute approximate surface area is 235 Å². The average molecular weight is 572 g/mol. The molecule has 0 heterocycles. The summed E-state index contributed by atoms with van der Waals surface area (Å²) in [7, 11) is -4.23. The minimum absolute atomic E-state index is 0.0311. The van der Waals surface area contributed by atoms with Gasteiger partial charge in [-0.2, -0.15) is 0 Å². The second-order valence-electron chi connectivity index (χ2n) is 8.69. The Morgan fingerprint density at radius 3 is 2.18 bits per heavy atom. The molecule has 0 radical (unpaired) electrons. The van der Waals surface area contributed by atoms with Crippen molar-refractivity contribution >= 4 is 39.1 Å². The third-order valence-electron chi connectivity index (χ3n) is 6.05. The third kappa shape index (κ3) is 7.52. The van der Waals surface area contributed by atoms with Crippen LogP contribution in [0.15, 0.2) is 83.8 Å². The number of halogens is 1. The molecule has 0 aliphatic heterocycles. The Balaban J connectivity index is 2.10. The van der Waals surface area contributed by atoms with Gasteiger partial charge in [0.25, 0.3) is 10.0 Å². The fourth-order valence-corrected chi connectivity index (χ4v) is 5.73. The van der Waals surface area contributed by atoms with E-state index in [0.717, 1.165) is 9.87 Å². The molecule has 8 nitrogen and oxygen atoms in total. The van der Waals surface area contributed by atoms with Crippen LogP contribution in [0.2, 0.25) is 5.02 Å². The Morgan fingerprint density at radius 1 is 0.923 bits per heavy atom. The molecule has 208 valence electrons. The SMILES string of the molecule is CCNC(=O)[C@H](CC)N(Cc1ccccc1)C(=O)CN(c1ccccc1OCC)S(=O)(=O)c1ccc(Cl)cc1. The molecule has 0 saturated carbocycles. The zero-order valence-corrected chi connectivity index (χ0v) is 23.9. The van der Waals surface area contributed by atoms with E-state index in [1.54, 1.807) is 38.1 Å². The fourth-order valence-electron chi connectivity index (χ4n) is 4.18. The van der Waals surface area contributed by atoms with E-state index in [0.29, 0.717) is 30.3 Å². The Hall–Kier alpha value is -3.56. The van der Waals surface area contributed by atoms with Crippen molar-refractivity contribution in [1.82, 2.24) is 10.2 Å². The number of carbonyl (C=O) groups is 2. The highest BCUT2D eigenvalue weighted by molar-refractivity contribution is 7.92. The maximum atomic E-state index is 14.0. The van der Waals surface area contributed by atoms with Gasteiger partial charge in [0.05, 0.1) is 17.2 Å². The Kier molecular flexibility index (Phi) is 10.8. The summed E-state index contributed by atoms with van der Waals surface area (Å²) in [5, 5.41) is 3.18. The molecular formula is C29H34ClN3O5S. The third-order valence-corrected chi connectivity index (χ3v) is 8.07. The fraction of sp³-hybridized carbons (Fsp3) is 0.310. The standard InChI is InChI=1S/C29H34ClN3O5S/c1-4-25(29(35)31-5-2)32(20-22-12-8-7-9-13-22)28(34)21-33(26-14-10-11-15-27(26)38-6-3)39(36,37)24-18-16-23(30)17-19-24/h7-19,25H,4-6,20-21H2,1-3H3,(H,31,35)/t25-/m0/s1. The lowest BCUT2D eigenvalue weighted by Gasteiger charge is -2.33. The van der Waals surface area contributed by atoms with E-state index in [9.17, 15) is 18.0 Å². The van der Waals surface area contributed by atoms with Crippen LogP contribution >= 0.6 is 11.6 Å². The maximum absolute atomic E-state index is 14.0. The van der Waals surface area contributed by atoms with Gasteiger partial charge in [0.15, 0.2) is 0 Å². The van der Waals surface area contributed by atoms with Crippen LogP contribution in [0, 0.1) is 0 Å². The number of benzene rings is 3. The van der Waals surface area contributed by atoms with Crippen LogP contribution in [0.25, 0.3) is 0 Å². The number of nitrogens with one attached hydrogen (secondary N) is 1. The van der Waals surface area contributed by atoms with Gasteiger partial charge in [-0.15, -0.1) is 0 Å². The molecule has 0 saturated heterocycles. The van der Waals surface area contributed by atoms with E-state index in [-0.39, 0.29) is 23.0 Å². The first kappa shape index (κ1) is 30.0. The highest BCUT2D eigenvalue weighted by Crippen LogP contribution is 2.33. The van der Waals surface area contributed by atoms with E-state index in [2.05, 4.69) is 5.32 Å². The van der Waals surface area contributed by atoms with Crippen molar-refractivity contribution in [2.45, 2.75) is 44.7 Å². The quantitative estimate of drug-likeness (QED) is 0.315. The van der Waals surface area contributed by atoms with Gasteiger partial charge in [-0.1, -0.05) is 61.0 Å². The summed E-state index contributed by atoms with van der Waals surface area (Å²) in [5.41, 5.74) is 1.03. The van der Waals surface area contributed by atoms with Crippen molar-refractivity contribution in [3.8, 4) is 5.75 Å². The summed E-state index contributed by atoms with van der Waals surface area (Å²) in [5.74, 6) is -0.511. The van der Waals surface area contributed by atoms with E-state index in [1.165, 1.54) is 29.2 Å². The molecule has 10 heteroatoms. The average Bonchev–Trinajstić information content (AvgIpc) is 2.93. The summed E-state index contributed by atoms with van der Waals surface area (Å²) in [6.45, 7) is 5.71. The lowest BCUT2D eigenvalue weighted by atomic mass is 10.1. The van der Waals surface area contributed by atoms with Crippen molar-refractivity contribution in [2.24, 2.45) is 0 Å². The largest absolute Gasteiger partial charge is 0.492 e. The molecule has 0 spiro atoms. The van der Waals surface area contributed by atoms with Gasteiger partial charge in [0.1, 0.15) is 18.3 Å². The topological polar surface area (TPSA) is 96.0 Å². The van der Waals surface area contributed by atoms with Gasteiger partial charge in [0.2, 0.25) is 11.8 Å². The number of anilines is 1. The molecule has 1 N–H and O–H groups in total. The Bertz CT molecular complexity index is 1350. The van der Waals surface area contributed by atoms with E-state index < -0.39 is 28.5 Å². The Morgan fingerprint density at radius 2 is 1.56 bits per heavy atom. The molecule has 0 unspecified atom stereocenters. The van der Waals surface area contributed by atoms with Gasteiger partial charge < -0.3 is 15.0 Å². The molecule has 2 amide bonds. The zero-order chi connectivity index (χ0) is 28.4. The molecule has 3 aromatic rings. The molecular weight excluding hydrogens is 538 g/mol. The van der Waals surface area contributed by atoms with Gasteiger partial charge in [-0.05, 0) is 62.2 Å². The zero-order valence-electron chi connectivity index (χ0n) is 22.3. The first-order valence-corrected chi connectivity index (χ1v) is 14.7. The number of carbonyl (C=O) groups excluding carboxylic acids is 2. The predicted molar refractivity (Wildman–Crippen MR) is 153 cm³/mol. The molecule has 0 aromatic heterocycles. The molecule has 3 rings (SSSR count). The second kappa shape index (κ2) is 14.0. The molecule has 1 atom stereocenters. The van der Waals surface area contributed by atoms with Crippen LogP contribution in [0.4, 0.5) is 5.69 Å². The van der Waals surface area contributed by atoms with Gasteiger partial charge in [0, 0.05) is 18.1 Å². The molecule has 0 aliphatic rings.